The summed E-state index contributed by atoms with van der Waals surface area (Å²) in [6.45, 7) is 0. The predicted molar refractivity (Wildman–Crippen MR) is 85.9 cm³/mol. The molecule has 0 radical (unpaired) electrons. The van der Waals surface area contributed by atoms with Crippen LogP contribution in [-0.2, 0) is 4.79 Å². The van der Waals surface area contributed by atoms with E-state index >= 15 is 0 Å². The molecule has 1 aromatic rings. The zero-order valence-electron chi connectivity index (χ0n) is 12.4. The van der Waals surface area contributed by atoms with Gasteiger partial charge in [-0.15, -0.1) is 0 Å². The number of carbonyl (C=O) groups excluding carboxylic acids is 1. The average Bonchev–Trinajstić information content (AvgIpc) is 2.43. The first kappa shape index (κ1) is 16.6. The smallest absolute Gasteiger partial charge is 0.232 e. The summed E-state index contributed by atoms with van der Waals surface area (Å²) in [5.74, 6) is -0.694. The van der Waals surface area contributed by atoms with Gasteiger partial charge in [-0.2, -0.15) is 0 Å². The number of amides is 1. The van der Waals surface area contributed by atoms with Crippen molar-refractivity contribution >= 4 is 29.1 Å². The van der Waals surface area contributed by atoms with Crippen molar-refractivity contribution in [2.24, 2.45) is 0 Å². The standard InChI is InChI=1S/C16H21Cl2NO2/c1-19(2)15(20)14(16(21)8-4-3-5-9-16)11-6-7-12(17)13(18)10-11/h6-7,10,14,21H,3-5,8-9H2,1-2H3. The SMILES string of the molecule is CN(C)C(=O)C(c1ccc(Cl)c(Cl)c1)C1(O)CCCCC1. The Hall–Kier alpha value is -0.770. The highest BCUT2D eigenvalue weighted by Gasteiger charge is 2.43. The molecule has 1 aliphatic carbocycles. The predicted octanol–water partition coefficient (Wildman–Crippen LogP) is 3.86. The van der Waals surface area contributed by atoms with Crippen LogP contribution in [0.2, 0.25) is 10.0 Å². The number of hydrogen-bond acceptors (Lipinski definition) is 2. The van der Waals surface area contributed by atoms with E-state index in [0.29, 0.717) is 22.9 Å². The minimum atomic E-state index is -1.00. The molecule has 3 nitrogen and oxygen atoms in total. The number of nitrogens with zero attached hydrogens (tertiary/aromatic N) is 1. The van der Waals surface area contributed by atoms with E-state index in [1.807, 2.05) is 0 Å². The van der Waals surface area contributed by atoms with Gasteiger partial charge in [0, 0.05) is 14.1 Å². The molecule has 1 amide bonds. The number of benzene rings is 1. The third-order valence-electron chi connectivity index (χ3n) is 4.22. The minimum absolute atomic E-state index is 0.0993. The van der Waals surface area contributed by atoms with Crippen LogP contribution in [0.5, 0.6) is 0 Å². The molecule has 0 spiro atoms. The van der Waals surface area contributed by atoms with Gasteiger partial charge in [0.1, 0.15) is 0 Å². The molecular formula is C16H21Cl2NO2. The number of aliphatic hydroxyl groups is 1. The first-order valence-corrected chi connectivity index (χ1v) is 7.99. The van der Waals surface area contributed by atoms with Crippen molar-refractivity contribution in [3.05, 3.63) is 33.8 Å². The molecule has 1 aliphatic rings. The second-order valence-corrected chi connectivity index (χ2v) is 6.82. The number of hydrogen-bond donors (Lipinski definition) is 1. The fourth-order valence-electron chi connectivity index (χ4n) is 3.09. The summed E-state index contributed by atoms with van der Waals surface area (Å²) in [6.07, 6.45) is 4.26. The first-order chi connectivity index (χ1) is 9.85. The van der Waals surface area contributed by atoms with E-state index in [1.165, 1.54) is 4.90 Å². The topological polar surface area (TPSA) is 40.5 Å². The molecule has 1 saturated carbocycles. The van der Waals surface area contributed by atoms with E-state index in [4.69, 9.17) is 23.2 Å². The van der Waals surface area contributed by atoms with Crippen LogP contribution in [0.25, 0.3) is 0 Å². The van der Waals surface area contributed by atoms with E-state index in [-0.39, 0.29) is 5.91 Å². The van der Waals surface area contributed by atoms with Crippen LogP contribution in [0.1, 0.15) is 43.6 Å². The zero-order valence-corrected chi connectivity index (χ0v) is 13.9. The van der Waals surface area contributed by atoms with Crippen LogP contribution in [0.15, 0.2) is 18.2 Å². The second kappa shape index (κ2) is 6.55. The first-order valence-electron chi connectivity index (χ1n) is 7.23. The summed E-state index contributed by atoms with van der Waals surface area (Å²) in [6, 6.07) is 5.16. The van der Waals surface area contributed by atoms with Crippen LogP contribution >= 0.6 is 23.2 Å². The molecule has 2 rings (SSSR count). The molecule has 5 heteroatoms. The molecule has 0 heterocycles. The van der Waals surface area contributed by atoms with Gasteiger partial charge in [-0.3, -0.25) is 4.79 Å². The van der Waals surface area contributed by atoms with Crippen LogP contribution in [-0.4, -0.2) is 35.6 Å². The second-order valence-electron chi connectivity index (χ2n) is 6.00. The highest BCUT2D eigenvalue weighted by Crippen LogP contribution is 2.42. The van der Waals surface area contributed by atoms with Gasteiger partial charge in [-0.05, 0) is 30.5 Å². The summed E-state index contributed by atoms with van der Waals surface area (Å²) in [5.41, 5.74) is -0.274. The normalized spacial score (nSPS) is 19.1. The van der Waals surface area contributed by atoms with Crippen LogP contribution in [0, 0.1) is 0 Å². The molecule has 1 unspecified atom stereocenters. The van der Waals surface area contributed by atoms with Crippen molar-refractivity contribution in [3.8, 4) is 0 Å². The van der Waals surface area contributed by atoms with Crippen LogP contribution in [0.4, 0.5) is 0 Å². The highest BCUT2D eigenvalue weighted by molar-refractivity contribution is 6.42. The molecular weight excluding hydrogens is 309 g/mol. The Bertz CT molecular complexity index is 525. The van der Waals surface area contributed by atoms with Gasteiger partial charge < -0.3 is 10.0 Å². The summed E-state index contributed by atoms with van der Waals surface area (Å²) >= 11 is 12.0. The molecule has 0 aromatic heterocycles. The number of rotatable bonds is 3. The molecule has 0 aliphatic heterocycles. The van der Waals surface area contributed by atoms with E-state index in [2.05, 4.69) is 0 Å². The number of halogens is 2. The van der Waals surface area contributed by atoms with Crippen molar-refractivity contribution < 1.29 is 9.90 Å². The van der Waals surface area contributed by atoms with Gasteiger partial charge in [0.05, 0.1) is 21.6 Å². The van der Waals surface area contributed by atoms with Crippen molar-refractivity contribution in [2.45, 2.75) is 43.6 Å². The third kappa shape index (κ3) is 3.53. The van der Waals surface area contributed by atoms with Crippen LogP contribution in [0.3, 0.4) is 0 Å². The van der Waals surface area contributed by atoms with Gasteiger partial charge >= 0.3 is 0 Å². The number of carbonyl (C=O) groups is 1. The van der Waals surface area contributed by atoms with Crippen LogP contribution < -0.4 is 0 Å². The lowest BCUT2D eigenvalue weighted by Gasteiger charge is -2.39. The molecule has 0 saturated heterocycles. The third-order valence-corrected chi connectivity index (χ3v) is 4.96. The fraction of sp³-hybridized carbons (Fsp3) is 0.562. The van der Waals surface area contributed by atoms with Crippen molar-refractivity contribution in [3.63, 3.8) is 0 Å². The average molecular weight is 330 g/mol. The Labute approximate surface area is 135 Å². The molecule has 1 atom stereocenters. The summed E-state index contributed by atoms with van der Waals surface area (Å²) < 4.78 is 0. The summed E-state index contributed by atoms with van der Waals surface area (Å²) in [4.78, 5) is 14.2. The quantitative estimate of drug-likeness (QED) is 0.914. The monoisotopic (exact) mass is 329 g/mol. The number of likely N-dealkylation sites (N-methyl/N-ethyl adjacent to an activating group) is 1. The van der Waals surface area contributed by atoms with Crippen molar-refractivity contribution in [1.82, 2.24) is 4.90 Å². The van der Waals surface area contributed by atoms with Gasteiger partial charge in [0.15, 0.2) is 0 Å². The van der Waals surface area contributed by atoms with E-state index in [1.54, 1.807) is 32.3 Å². The summed E-state index contributed by atoms with van der Waals surface area (Å²) in [5, 5.41) is 11.9. The molecule has 1 N–H and O–H groups in total. The van der Waals surface area contributed by atoms with Gasteiger partial charge in [-0.1, -0.05) is 48.5 Å². The van der Waals surface area contributed by atoms with E-state index in [9.17, 15) is 9.90 Å². The van der Waals surface area contributed by atoms with Gasteiger partial charge in [-0.25, -0.2) is 0 Å². The lowest BCUT2D eigenvalue weighted by Crippen LogP contribution is -2.46. The maximum Gasteiger partial charge on any atom is 0.232 e. The molecule has 1 aromatic carbocycles. The molecule has 116 valence electrons. The van der Waals surface area contributed by atoms with E-state index in [0.717, 1.165) is 24.8 Å². The Morgan fingerprint density at radius 1 is 1.19 bits per heavy atom. The Morgan fingerprint density at radius 3 is 2.33 bits per heavy atom. The van der Waals surface area contributed by atoms with Gasteiger partial charge in [0.2, 0.25) is 5.91 Å². The minimum Gasteiger partial charge on any atom is -0.389 e. The molecule has 1 fully saturated rings. The summed E-state index contributed by atoms with van der Waals surface area (Å²) in [7, 11) is 3.41. The van der Waals surface area contributed by atoms with E-state index < -0.39 is 11.5 Å². The van der Waals surface area contributed by atoms with Crippen molar-refractivity contribution in [2.75, 3.05) is 14.1 Å². The fourth-order valence-corrected chi connectivity index (χ4v) is 3.39. The molecule has 21 heavy (non-hydrogen) atoms. The molecule has 0 bridgehead atoms. The lowest BCUT2D eigenvalue weighted by molar-refractivity contribution is -0.139. The zero-order chi connectivity index (χ0) is 15.6. The highest BCUT2D eigenvalue weighted by atomic mass is 35.5. The Kier molecular flexibility index (Phi) is 5.18. The maximum atomic E-state index is 12.6. The Balaban J connectivity index is 2.44. The maximum absolute atomic E-state index is 12.6. The van der Waals surface area contributed by atoms with Gasteiger partial charge in [0.25, 0.3) is 0 Å². The Morgan fingerprint density at radius 2 is 1.81 bits per heavy atom. The largest absolute Gasteiger partial charge is 0.389 e. The lowest BCUT2D eigenvalue weighted by atomic mass is 9.72. The van der Waals surface area contributed by atoms with Crippen molar-refractivity contribution in [1.29, 1.82) is 0 Å².